The smallest absolute Gasteiger partial charge is 0.326 e. The first-order valence-corrected chi connectivity index (χ1v) is 9.63. The number of amides is 3. The summed E-state index contributed by atoms with van der Waals surface area (Å²) >= 11 is 0. The molecule has 0 fully saturated rings. The monoisotopic (exact) mass is 446 g/mol. The number of carboxylic acid groups (broad SMARTS) is 3. The van der Waals surface area contributed by atoms with Gasteiger partial charge in [0.05, 0.1) is 12.5 Å². The van der Waals surface area contributed by atoms with E-state index in [1.165, 1.54) is 6.92 Å². The molecular formula is C18H30N4O9. The Hall–Kier alpha value is -3.22. The second kappa shape index (κ2) is 13.2. The van der Waals surface area contributed by atoms with Crippen LogP contribution in [0.25, 0.3) is 0 Å². The Bertz CT molecular complexity index is 698. The average Bonchev–Trinajstić information content (AvgIpc) is 2.68. The minimum Gasteiger partial charge on any atom is -0.481 e. The molecule has 3 amide bonds. The summed E-state index contributed by atoms with van der Waals surface area (Å²) in [6.45, 7) is 4.77. The molecule has 0 aliphatic carbocycles. The lowest BCUT2D eigenvalue weighted by Gasteiger charge is -2.24. The van der Waals surface area contributed by atoms with Crippen LogP contribution in [-0.4, -0.2) is 75.1 Å². The molecule has 31 heavy (non-hydrogen) atoms. The van der Waals surface area contributed by atoms with Gasteiger partial charge < -0.3 is 37.0 Å². The fourth-order valence-electron chi connectivity index (χ4n) is 2.37. The van der Waals surface area contributed by atoms with E-state index in [2.05, 4.69) is 10.6 Å². The van der Waals surface area contributed by atoms with Crippen LogP contribution < -0.4 is 21.7 Å². The lowest BCUT2D eigenvalue weighted by molar-refractivity contribution is -0.147. The molecule has 5 atom stereocenters. The van der Waals surface area contributed by atoms with Crippen LogP contribution in [0.5, 0.6) is 0 Å². The molecule has 0 radical (unpaired) electrons. The summed E-state index contributed by atoms with van der Waals surface area (Å²) < 4.78 is 0. The molecule has 0 bridgehead atoms. The predicted molar refractivity (Wildman–Crippen MR) is 106 cm³/mol. The number of nitrogens with two attached hydrogens (primary N) is 1. The SMILES string of the molecule is CCC(C)C(N)C(=O)NC(CCC(=O)O)C(=O)NC(C)C(=O)NC(CC(=O)O)C(=O)O. The molecule has 8 N–H and O–H groups in total. The standard InChI is InChI=1S/C18H30N4O9/c1-4-8(2)14(19)17(29)21-10(5-6-12(23)24)16(28)20-9(3)15(27)22-11(18(30)31)7-13(25)26/h8-11,14H,4-7,19H2,1-3H3,(H,20,28)(H,21,29)(H,22,27)(H,23,24)(H,25,26)(H,30,31). The predicted octanol–water partition coefficient (Wildman–Crippen LogP) is -1.74. The molecule has 13 nitrogen and oxygen atoms in total. The highest BCUT2D eigenvalue weighted by Gasteiger charge is 2.30. The molecule has 0 rings (SSSR count). The van der Waals surface area contributed by atoms with Crippen molar-refractivity contribution in [1.29, 1.82) is 0 Å². The summed E-state index contributed by atoms with van der Waals surface area (Å²) in [4.78, 5) is 69.6. The Morgan fingerprint density at radius 3 is 1.81 bits per heavy atom. The van der Waals surface area contributed by atoms with Gasteiger partial charge in [0.15, 0.2) is 0 Å². The second-order valence-corrected chi connectivity index (χ2v) is 7.13. The summed E-state index contributed by atoms with van der Waals surface area (Å²) in [5.74, 6) is -6.93. The highest BCUT2D eigenvalue weighted by molar-refractivity contribution is 5.94. The number of rotatable bonds is 14. The van der Waals surface area contributed by atoms with Crippen molar-refractivity contribution in [3.05, 3.63) is 0 Å². The maximum atomic E-state index is 12.5. The molecule has 5 unspecified atom stereocenters. The van der Waals surface area contributed by atoms with Crippen LogP contribution in [0.1, 0.15) is 46.5 Å². The van der Waals surface area contributed by atoms with Crippen molar-refractivity contribution >= 4 is 35.6 Å². The van der Waals surface area contributed by atoms with E-state index in [9.17, 15) is 28.8 Å². The van der Waals surface area contributed by atoms with Gasteiger partial charge in [-0.15, -0.1) is 0 Å². The van der Waals surface area contributed by atoms with E-state index in [4.69, 9.17) is 21.1 Å². The van der Waals surface area contributed by atoms with Crippen LogP contribution in [0, 0.1) is 5.92 Å². The van der Waals surface area contributed by atoms with Crippen molar-refractivity contribution in [3.8, 4) is 0 Å². The van der Waals surface area contributed by atoms with Crippen molar-refractivity contribution in [2.24, 2.45) is 11.7 Å². The number of nitrogens with one attached hydrogen (secondary N) is 3. The van der Waals surface area contributed by atoms with Crippen molar-refractivity contribution in [2.45, 2.75) is 70.6 Å². The van der Waals surface area contributed by atoms with Gasteiger partial charge in [-0.2, -0.15) is 0 Å². The minimum atomic E-state index is -1.71. The summed E-state index contributed by atoms with van der Waals surface area (Å²) in [6, 6.07) is -5.24. The number of carboxylic acids is 3. The molecule has 0 aliphatic rings. The Balaban J connectivity index is 5.19. The number of hydrogen-bond donors (Lipinski definition) is 7. The normalized spacial score (nSPS) is 15.5. The molecule has 0 aromatic rings. The number of carbonyl (C=O) groups is 6. The lowest BCUT2D eigenvalue weighted by Crippen LogP contribution is -2.57. The van der Waals surface area contributed by atoms with Gasteiger partial charge in [0.2, 0.25) is 17.7 Å². The largest absolute Gasteiger partial charge is 0.481 e. The van der Waals surface area contributed by atoms with Gasteiger partial charge in [0.1, 0.15) is 18.1 Å². The molecule has 0 saturated heterocycles. The van der Waals surface area contributed by atoms with Crippen LogP contribution in [0.4, 0.5) is 0 Å². The molecule has 0 heterocycles. The second-order valence-electron chi connectivity index (χ2n) is 7.13. The Morgan fingerprint density at radius 1 is 0.806 bits per heavy atom. The third-order valence-corrected chi connectivity index (χ3v) is 4.58. The highest BCUT2D eigenvalue weighted by atomic mass is 16.4. The quantitative estimate of drug-likeness (QED) is 0.159. The zero-order chi connectivity index (χ0) is 24.3. The van der Waals surface area contributed by atoms with E-state index in [0.717, 1.165) is 0 Å². The number of hydrogen-bond acceptors (Lipinski definition) is 7. The number of carbonyl (C=O) groups excluding carboxylic acids is 3. The Morgan fingerprint density at radius 2 is 1.35 bits per heavy atom. The van der Waals surface area contributed by atoms with E-state index >= 15 is 0 Å². The van der Waals surface area contributed by atoms with Gasteiger partial charge in [0, 0.05) is 6.42 Å². The molecule has 0 aromatic carbocycles. The van der Waals surface area contributed by atoms with Gasteiger partial charge in [-0.1, -0.05) is 20.3 Å². The average molecular weight is 446 g/mol. The first kappa shape index (κ1) is 27.8. The molecule has 0 aromatic heterocycles. The van der Waals surface area contributed by atoms with Crippen LogP contribution in [0.3, 0.4) is 0 Å². The van der Waals surface area contributed by atoms with E-state index in [-0.39, 0.29) is 12.3 Å². The lowest BCUT2D eigenvalue weighted by atomic mass is 9.98. The van der Waals surface area contributed by atoms with Gasteiger partial charge in [-0.25, -0.2) is 4.79 Å². The van der Waals surface area contributed by atoms with Crippen LogP contribution >= 0.6 is 0 Å². The fourth-order valence-corrected chi connectivity index (χ4v) is 2.37. The molecule has 0 spiro atoms. The highest BCUT2D eigenvalue weighted by Crippen LogP contribution is 2.07. The van der Waals surface area contributed by atoms with E-state index < -0.39 is 72.6 Å². The maximum absolute atomic E-state index is 12.5. The summed E-state index contributed by atoms with van der Waals surface area (Å²) in [5, 5.41) is 33.2. The fraction of sp³-hybridized carbons (Fsp3) is 0.667. The maximum Gasteiger partial charge on any atom is 0.326 e. The van der Waals surface area contributed by atoms with Crippen LogP contribution in [0.2, 0.25) is 0 Å². The zero-order valence-electron chi connectivity index (χ0n) is 17.6. The van der Waals surface area contributed by atoms with Gasteiger partial charge in [-0.05, 0) is 19.3 Å². The third kappa shape index (κ3) is 10.4. The molecule has 0 saturated carbocycles. The van der Waals surface area contributed by atoms with Crippen molar-refractivity contribution in [3.63, 3.8) is 0 Å². The Labute approximate surface area is 178 Å². The first-order chi connectivity index (χ1) is 14.3. The zero-order valence-corrected chi connectivity index (χ0v) is 17.6. The van der Waals surface area contributed by atoms with Crippen LogP contribution in [0.15, 0.2) is 0 Å². The third-order valence-electron chi connectivity index (χ3n) is 4.58. The molecule has 176 valence electrons. The van der Waals surface area contributed by atoms with E-state index in [0.29, 0.717) is 6.42 Å². The molecule has 13 heteroatoms. The van der Waals surface area contributed by atoms with E-state index in [1.54, 1.807) is 6.92 Å². The molecule has 0 aliphatic heterocycles. The summed E-state index contributed by atoms with van der Waals surface area (Å²) in [7, 11) is 0. The van der Waals surface area contributed by atoms with Crippen molar-refractivity contribution < 1.29 is 44.1 Å². The summed E-state index contributed by atoms with van der Waals surface area (Å²) in [6.07, 6.45) is -0.992. The van der Waals surface area contributed by atoms with Crippen molar-refractivity contribution in [2.75, 3.05) is 0 Å². The van der Waals surface area contributed by atoms with Gasteiger partial charge in [0.25, 0.3) is 0 Å². The Kier molecular flexibility index (Phi) is 11.8. The minimum absolute atomic E-state index is 0.199. The molecular weight excluding hydrogens is 416 g/mol. The number of aliphatic carboxylic acids is 3. The first-order valence-electron chi connectivity index (χ1n) is 9.63. The summed E-state index contributed by atoms with van der Waals surface area (Å²) in [5.41, 5.74) is 5.82. The van der Waals surface area contributed by atoms with Crippen molar-refractivity contribution in [1.82, 2.24) is 16.0 Å². The topological polar surface area (TPSA) is 225 Å². The van der Waals surface area contributed by atoms with Crippen LogP contribution in [-0.2, 0) is 28.8 Å². The van der Waals surface area contributed by atoms with Gasteiger partial charge >= 0.3 is 17.9 Å². The van der Waals surface area contributed by atoms with Gasteiger partial charge in [-0.3, -0.25) is 24.0 Å². The van der Waals surface area contributed by atoms with E-state index in [1.807, 2.05) is 12.2 Å².